The van der Waals surface area contributed by atoms with Gasteiger partial charge in [0, 0.05) is 24.8 Å². The van der Waals surface area contributed by atoms with Gasteiger partial charge in [-0.25, -0.2) is 9.97 Å². The summed E-state index contributed by atoms with van der Waals surface area (Å²) in [6.07, 6.45) is 7.02. The fraction of sp³-hybridized carbons (Fsp3) is 0.750. The first-order chi connectivity index (χ1) is 9.67. The zero-order valence-electron chi connectivity index (χ0n) is 13.2. The average Bonchev–Trinajstić information content (AvgIpc) is 2.39. The Balaban J connectivity index is 1.90. The first kappa shape index (κ1) is 15.2. The third kappa shape index (κ3) is 4.75. The summed E-state index contributed by atoms with van der Waals surface area (Å²) in [4.78, 5) is 11.5. The second kappa shape index (κ2) is 7.58. The van der Waals surface area contributed by atoms with Gasteiger partial charge in [0.15, 0.2) is 0 Å². The normalized spacial score (nSPS) is 16.6. The van der Waals surface area contributed by atoms with Crippen LogP contribution in [0.1, 0.15) is 50.5 Å². The zero-order chi connectivity index (χ0) is 14.4. The van der Waals surface area contributed by atoms with E-state index >= 15 is 0 Å². The summed E-state index contributed by atoms with van der Waals surface area (Å²) in [5.74, 6) is 2.74. The highest BCUT2D eigenvalue weighted by atomic mass is 15.1. The Labute approximate surface area is 123 Å². The topological polar surface area (TPSA) is 41.1 Å². The molecule has 1 heterocycles. The van der Waals surface area contributed by atoms with E-state index in [1.807, 2.05) is 13.0 Å². The molecule has 2 rings (SSSR count). The van der Waals surface area contributed by atoms with Crippen LogP contribution in [0.2, 0.25) is 0 Å². The van der Waals surface area contributed by atoms with Gasteiger partial charge in [0.2, 0.25) is 0 Å². The molecule has 0 saturated heterocycles. The van der Waals surface area contributed by atoms with Crippen molar-refractivity contribution < 1.29 is 0 Å². The SMILES string of the molecule is CCNc1cc(C)nc(CN(C)CC2CCCCC2)n1. The minimum Gasteiger partial charge on any atom is -0.370 e. The summed E-state index contributed by atoms with van der Waals surface area (Å²) < 4.78 is 0. The van der Waals surface area contributed by atoms with Crippen LogP contribution in [0.25, 0.3) is 0 Å². The van der Waals surface area contributed by atoms with E-state index in [0.29, 0.717) is 0 Å². The van der Waals surface area contributed by atoms with Crippen LogP contribution in [-0.4, -0.2) is 35.0 Å². The highest BCUT2D eigenvalue weighted by molar-refractivity contribution is 5.35. The lowest BCUT2D eigenvalue weighted by atomic mass is 9.89. The third-order valence-corrected chi connectivity index (χ3v) is 3.96. The third-order valence-electron chi connectivity index (χ3n) is 3.96. The van der Waals surface area contributed by atoms with Crippen molar-refractivity contribution in [1.29, 1.82) is 0 Å². The van der Waals surface area contributed by atoms with Crippen LogP contribution in [0, 0.1) is 12.8 Å². The first-order valence-electron chi connectivity index (χ1n) is 7.94. The van der Waals surface area contributed by atoms with Gasteiger partial charge < -0.3 is 5.32 Å². The number of aromatic nitrogens is 2. The molecule has 0 spiro atoms. The molecule has 0 amide bonds. The molecule has 0 aromatic carbocycles. The van der Waals surface area contributed by atoms with E-state index in [4.69, 9.17) is 0 Å². The van der Waals surface area contributed by atoms with E-state index in [0.717, 1.165) is 36.3 Å². The molecule has 0 radical (unpaired) electrons. The molecule has 4 nitrogen and oxygen atoms in total. The molecule has 4 heteroatoms. The Morgan fingerprint density at radius 2 is 2.00 bits per heavy atom. The predicted octanol–water partition coefficient (Wildman–Crippen LogP) is 3.23. The molecule has 112 valence electrons. The lowest BCUT2D eigenvalue weighted by Crippen LogP contribution is -2.27. The van der Waals surface area contributed by atoms with Crippen molar-refractivity contribution in [1.82, 2.24) is 14.9 Å². The van der Waals surface area contributed by atoms with Crippen LogP contribution < -0.4 is 5.32 Å². The number of nitrogens with zero attached hydrogens (tertiary/aromatic N) is 3. The van der Waals surface area contributed by atoms with Crippen LogP contribution in [0.15, 0.2) is 6.07 Å². The summed E-state index contributed by atoms with van der Waals surface area (Å²) in [6, 6.07) is 2.01. The Morgan fingerprint density at radius 3 is 2.70 bits per heavy atom. The quantitative estimate of drug-likeness (QED) is 0.866. The van der Waals surface area contributed by atoms with Gasteiger partial charge in [-0.1, -0.05) is 19.3 Å². The molecule has 0 aliphatic heterocycles. The largest absolute Gasteiger partial charge is 0.370 e. The fourth-order valence-electron chi connectivity index (χ4n) is 3.09. The van der Waals surface area contributed by atoms with Gasteiger partial charge in [-0.15, -0.1) is 0 Å². The van der Waals surface area contributed by atoms with Gasteiger partial charge >= 0.3 is 0 Å². The maximum absolute atomic E-state index is 4.59. The number of hydrogen-bond donors (Lipinski definition) is 1. The average molecular weight is 276 g/mol. The first-order valence-corrected chi connectivity index (χ1v) is 7.94. The maximum atomic E-state index is 4.59. The van der Waals surface area contributed by atoms with E-state index in [9.17, 15) is 0 Å². The second-order valence-electron chi connectivity index (χ2n) is 6.04. The molecular formula is C16H28N4. The monoisotopic (exact) mass is 276 g/mol. The molecule has 1 aliphatic carbocycles. The smallest absolute Gasteiger partial charge is 0.144 e. The van der Waals surface area contributed by atoms with Gasteiger partial charge in [-0.2, -0.15) is 0 Å². The number of nitrogens with one attached hydrogen (secondary N) is 1. The molecule has 1 N–H and O–H groups in total. The second-order valence-corrected chi connectivity index (χ2v) is 6.04. The fourth-order valence-corrected chi connectivity index (χ4v) is 3.09. The van der Waals surface area contributed by atoms with Crippen molar-refractivity contribution in [3.8, 4) is 0 Å². The van der Waals surface area contributed by atoms with E-state index < -0.39 is 0 Å². The number of anilines is 1. The van der Waals surface area contributed by atoms with E-state index in [-0.39, 0.29) is 0 Å². The minimum atomic E-state index is 0.844. The molecule has 20 heavy (non-hydrogen) atoms. The summed E-state index contributed by atoms with van der Waals surface area (Å²) >= 11 is 0. The molecule has 0 unspecified atom stereocenters. The Hall–Kier alpha value is -1.16. The van der Waals surface area contributed by atoms with Gasteiger partial charge in [0.25, 0.3) is 0 Å². The molecule has 1 saturated carbocycles. The summed E-state index contributed by atoms with van der Waals surface area (Å²) in [7, 11) is 2.19. The molecular weight excluding hydrogens is 248 g/mol. The Bertz CT molecular complexity index is 413. The van der Waals surface area contributed by atoms with E-state index in [2.05, 4.69) is 34.2 Å². The van der Waals surface area contributed by atoms with E-state index in [1.165, 1.54) is 38.6 Å². The molecule has 0 atom stereocenters. The lowest BCUT2D eigenvalue weighted by Gasteiger charge is -2.26. The lowest BCUT2D eigenvalue weighted by molar-refractivity contribution is 0.224. The molecule has 1 aromatic heterocycles. The van der Waals surface area contributed by atoms with Gasteiger partial charge in [-0.05, 0) is 39.7 Å². The van der Waals surface area contributed by atoms with Crippen molar-refractivity contribution in [2.24, 2.45) is 5.92 Å². The van der Waals surface area contributed by atoms with Crippen molar-refractivity contribution in [2.75, 3.05) is 25.5 Å². The minimum absolute atomic E-state index is 0.844. The predicted molar refractivity (Wildman–Crippen MR) is 83.8 cm³/mol. The Kier molecular flexibility index (Phi) is 5.77. The number of hydrogen-bond acceptors (Lipinski definition) is 4. The summed E-state index contributed by atoms with van der Waals surface area (Å²) in [5, 5.41) is 3.27. The van der Waals surface area contributed by atoms with Crippen LogP contribution >= 0.6 is 0 Å². The van der Waals surface area contributed by atoms with Crippen molar-refractivity contribution in [3.05, 3.63) is 17.6 Å². The van der Waals surface area contributed by atoms with Gasteiger partial charge in [0.1, 0.15) is 11.6 Å². The van der Waals surface area contributed by atoms with Crippen molar-refractivity contribution in [2.45, 2.75) is 52.5 Å². The van der Waals surface area contributed by atoms with Crippen molar-refractivity contribution in [3.63, 3.8) is 0 Å². The van der Waals surface area contributed by atoms with Crippen molar-refractivity contribution >= 4 is 5.82 Å². The zero-order valence-corrected chi connectivity index (χ0v) is 13.2. The standard InChI is InChI=1S/C16H28N4/c1-4-17-15-10-13(2)18-16(19-15)12-20(3)11-14-8-6-5-7-9-14/h10,14H,4-9,11-12H2,1-3H3,(H,17,18,19). The molecule has 1 fully saturated rings. The van der Waals surface area contributed by atoms with Crippen LogP contribution in [0.3, 0.4) is 0 Å². The highest BCUT2D eigenvalue weighted by Crippen LogP contribution is 2.24. The van der Waals surface area contributed by atoms with Gasteiger partial charge in [0.05, 0.1) is 6.54 Å². The van der Waals surface area contributed by atoms with Crippen LogP contribution in [-0.2, 0) is 6.54 Å². The molecule has 0 bridgehead atoms. The summed E-state index contributed by atoms with van der Waals surface area (Å²) in [6.45, 7) is 7.04. The molecule has 1 aliphatic rings. The van der Waals surface area contributed by atoms with E-state index in [1.54, 1.807) is 0 Å². The maximum Gasteiger partial charge on any atom is 0.144 e. The molecule has 1 aromatic rings. The van der Waals surface area contributed by atoms with Gasteiger partial charge in [-0.3, -0.25) is 4.90 Å². The van der Waals surface area contributed by atoms with Crippen LogP contribution in [0.4, 0.5) is 5.82 Å². The number of aryl methyl sites for hydroxylation is 1. The Morgan fingerprint density at radius 1 is 1.25 bits per heavy atom. The van der Waals surface area contributed by atoms with Crippen LogP contribution in [0.5, 0.6) is 0 Å². The number of rotatable bonds is 6. The highest BCUT2D eigenvalue weighted by Gasteiger charge is 2.16. The summed E-state index contributed by atoms with van der Waals surface area (Å²) in [5.41, 5.74) is 1.04.